The van der Waals surface area contributed by atoms with Gasteiger partial charge in [-0.1, -0.05) is 65.8 Å². The third-order valence-corrected chi connectivity index (χ3v) is 15.7. The molecule has 0 bridgehead atoms. The van der Waals surface area contributed by atoms with Crippen LogP contribution in [0.1, 0.15) is 141 Å². The highest BCUT2D eigenvalue weighted by Gasteiger charge is 2.45. The van der Waals surface area contributed by atoms with Crippen molar-refractivity contribution in [2.45, 2.75) is 168 Å². The number of benzene rings is 2. The zero-order chi connectivity index (χ0) is 50.7. The molecule has 384 valence electrons. The van der Waals surface area contributed by atoms with Crippen LogP contribution < -0.4 is 41.7 Å². The fraction of sp³-hybridized carbons (Fsp3) is 0.667. The van der Waals surface area contributed by atoms with Gasteiger partial charge in [-0.2, -0.15) is 0 Å². The van der Waals surface area contributed by atoms with Gasteiger partial charge in [-0.25, -0.2) is 0 Å². The molecule has 2 aromatic rings. The number of fused-ring (bicyclic) bond motifs is 2. The number of nitrogens with zero attached hydrogens (tertiary/aromatic N) is 4. The SMILES string of the molecule is CN[C@@H](C)C(=O)N[C@H](C(=O)N1CCCC1C(=O)N[C@@H]1CCCc2c1cccc2N1CCN(c2cccc3c2CCC[C@H]3NC(=O)C2CCCN2C(=O)[C@@H](NC(=O)[C@H](C)NC)C(C)(C)C)CC1)C(C)(C)C. The van der Waals surface area contributed by atoms with E-state index in [0.29, 0.717) is 25.9 Å². The van der Waals surface area contributed by atoms with Gasteiger partial charge in [0.05, 0.1) is 24.2 Å². The monoisotopic (exact) mass is 967 g/mol. The highest BCUT2D eigenvalue weighted by molar-refractivity contribution is 5.95. The summed E-state index contributed by atoms with van der Waals surface area (Å²) in [5.41, 5.74) is 6.18. The topological polar surface area (TPSA) is 188 Å². The van der Waals surface area contributed by atoms with E-state index in [1.54, 1.807) is 37.7 Å². The van der Waals surface area contributed by atoms with E-state index in [9.17, 15) is 28.8 Å². The molecule has 3 saturated heterocycles. The third kappa shape index (κ3) is 11.4. The number of rotatable bonds is 14. The van der Waals surface area contributed by atoms with Crippen molar-refractivity contribution in [1.29, 1.82) is 0 Å². The molecule has 6 amide bonds. The van der Waals surface area contributed by atoms with Crippen molar-refractivity contribution in [3.63, 3.8) is 0 Å². The molecule has 3 heterocycles. The number of piperazine rings is 1. The van der Waals surface area contributed by atoms with Crippen LogP contribution in [0.5, 0.6) is 0 Å². The van der Waals surface area contributed by atoms with Crippen molar-refractivity contribution in [1.82, 2.24) is 41.7 Å². The van der Waals surface area contributed by atoms with Gasteiger partial charge in [-0.3, -0.25) is 28.8 Å². The van der Waals surface area contributed by atoms with Crippen LogP contribution >= 0.6 is 0 Å². The molecule has 70 heavy (non-hydrogen) atoms. The van der Waals surface area contributed by atoms with E-state index in [4.69, 9.17) is 0 Å². The van der Waals surface area contributed by atoms with Gasteiger partial charge in [0, 0.05) is 50.6 Å². The molecule has 2 aromatic carbocycles. The number of amides is 6. The van der Waals surface area contributed by atoms with Crippen LogP contribution in [0.4, 0.5) is 11.4 Å². The van der Waals surface area contributed by atoms with Crippen molar-refractivity contribution in [3.05, 3.63) is 58.7 Å². The number of carbonyl (C=O) groups excluding carboxylic acids is 6. The Labute approximate surface area is 416 Å². The first-order chi connectivity index (χ1) is 33.2. The van der Waals surface area contributed by atoms with Gasteiger partial charge >= 0.3 is 0 Å². The molecule has 0 spiro atoms. The van der Waals surface area contributed by atoms with Gasteiger partial charge in [-0.05, 0) is 137 Å². The Morgan fingerprint density at radius 2 is 0.900 bits per heavy atom. The first kappa shape index (κ1) is 52.6. The maximum Gasteiger partial charge on any atom is 0.246 e. The molecule has 7 rings (SSSR count). The zero-order valence-electron chi connectivity index (χ0n) is 43.6. The van der Waals surface area contributed by atoms with E-state index in [-0.39, 0.29) is 47.5 Å². The molecule has 16 nitrogen and oxygen atoms in total. The minimum atomic E-state index is -0.768. The maximum atomic E-state index is 14.2. The predicted octanol–water partition coefficient (Wildman–Crippen LogP) is 4.26. The summed E-state index contributed by atoms with van der Waals surface area (Å²) in [6, 6.07) is 8.97. The number of likely N-dealkylation sites (tertiary alicyclic amines) is 2. The zero-order valence-corrected chi connectivity index (χ0v) is 43.6. The van der Waals surface area contributed by atoms with Crippen molar-refractivity contribution in [2.24, 2.45) is 10.8 Å². The van der Waals surface area contributed by atoms with Crippen molar-refractivity contribution in [2.75, 3.05) is 63.2 Å². The fourth-order valence-corrected chi connectivity index (χ4v) is 11.3. The summed E-state index contributed by atoms with van der Waals surface area (Å²) in [5.74, 6) is -1.21. The molecule has 3 fully saturated rings. The number of carbonyl (C=O) groups is 6. The molecular formula is C54H82N10O6. The average molecular weight is 967 g/mol. The second-order valence-electron chi connectivity index (χ2n) is 22.6. The molecule has 2 aliphatic carbocycles. The summed E-state index contributed by atoms with van der Waals surface area (Å²) in [7, 11) is 3.42. The van der Waals surface area contributed by atoms with Crippen LogP contribution in [0.2, 0.25) is 0 Å². The Bertz CT molecular complexity index is 2090. The fourth-order valence-electron chi connectivity index (χ4n) is 11.3. The minimum Gasteiger partial charge on any atom is -0.368 e. The van der Waals surface area contributed by atoms with Crippen molar-refractivity contribution >= 4 is 46.8 Å². The molecule has 0 aromatic heterocycles. The number of likely N-dealkylation sites (N-methyl/N-ethyl adjacent to an activating group) is 2. The second kappa shape index (κ2) is 22.0. The lowest BCUT2D eigenvalue weighted by Gasteiger charge is -2.41. The summed E-state index contributed by atoms with van der Waals surface area (Å²) in [4.78, 5) is 90.8. The molecule has 0 saturated carbocycles. The van der Waals surface area contributed by atoms with Crippen LogP contribution in [0, 0.1) is 10.8 Å². The Morgan fingerprint density at radius 1 is 0.529 bits per heavy atom. The number of hydrogen-bond acceptors (Lipinski definition) is 10. The maximum absolute atomic E-state index is 14.2. The van der Waals surface area contributed by atoms with Crippen LogP contribution in [-0.4, -0.2) is 135 Å². The van der Waals surface area contributed by atoms with Gasteiger partial charge in [0.2, 0.25) is 35.4 Å². The lowest BCUT2D eigenvalue weighted by molar-refractivity contribution is -0.144. The normalized spacial score (nSPS) is 23.3. The van der Waals surface area contributed by atoms with E-state index >= 15 is 0 Å². The van der Waals surface area contributed by atoms with Crippen molar-refractivity contribution < 1.29 is 28.8 Å². The average Bonchev–Trinajstić information content (AvgIpc) is 4.05. The number of nitrogens with one attached hydrogen (secondary N) is 6. The van der Waals surface area contributed by atoms with Crippen molar-refractivity contribution in [3.8, 4) is 0 Å². The van der Waals surface area contributed by atoms with E-state index < -0.39 is 47.1 Å². The Morgan fingerprint density at radius 3 is 1.24 bits per heavy atom. The first-order valence-electron chi connectivity index (χ1n) is 26.1. The molecule has 16 heteroatoms. The largest absolute Gasteiger partial charge is 0.368 e. The highest BCUT2D eigenvalue weighted by atomic mass is 16.2. The second-order valence-corrected chi connectivity index (χ2v) is 22.6. The molecule has 8 atom stereocenters. The standard InChI is InChI=1S/C54H82N10O6/c1-33(55-9)47(65)59-45(53(3,4)5)51(69)63-27-15-25-43(63)49(67)57-39-21-11-19-37-35(39)17-13-23-41(37)61-29-31-62(32-30-61)42-24-14-18-36-38(42)20-12-22-40(36)58-50(68)44-26-16-28-64(44)52(70)46(54(6,7)8)60-48(66)34(2)56-10/h13-14,17-18,23-24,33-34,39-40,43-46,55-56H,11-12,15-16,19-22,25-32H2,1-10H3,(H,57,67)(H,58,68)(H,59,65)(H,60,66)/t33-,34-,39+,40+,43?,44?,45+,46+/m0/s1. The van der Waals surface area contributed by atoms with E-state index in [1.165, 1.54) is 22.5 Å². The van der Waals surface area contributed by atoms with Crippen LogP contribution in [0.25, 0.3) is 0 Å². The van der Waals surface area contributed by atoms with E-state index in [1.807, 2.05) is 41.5 Å². The number of anilines is 2. The third-order valence-electron chi connectivity index (χ3n) is 15.7. The lowest BCUT2D eigenvalue weighted by Crippen LogP contribution is -2.59. The van der Waals surface area contributed by atoms with Crippen LogP contribution in [-0.2, 0) is 41.6 Å². The Hall–Kier alpha value is -5.22. The molecule has 5 aliphatic rings. The smallest absolute Gasteiger partial charge is 0.246 e. The van der Waals surface area contributed by atoms with E-state index in [2.05, 4.69) is 78.1 Å². The Kier molecular flexibility index (Phi) is 16.6. The number of hydrogen-bond donors (Lipinski definition) is 6. The van der Waals surface area contributed by atoms with Gasteiger partial charge in [-0.15, -0.1) is 0 Å². The predicted molar refractivity (Wildman–Crippen MR) is 274 cm³/mol. The van der Waals surface area contributed by atoms with Crippen LogP contribution in [0.15, 0.2) is 36.4 Å². The molecule has 3 aliphatic heterocycles. The van der Waals surface area contributed by atoms with Gasteiger partial charge in [0.25, 0.3) is 0 Å². The molecular weight excluding hydrogens is 885 g/mol. The molecule has 6 N–H and O–H groups in total. The van der Waals surface area contributed by atoms with Gasteiger partial charge in [0.15, 0.2) is 0 Å². The highest BCUT2D eigenvalue weighted by Crippen LogP contribution is 2.40. The quantitative estimate of drug-likeness (QED) is 0.160. The molecule has 2 unspecified atom stereocenters. The summed E-state index contributed by atoms with van der Waals surface area (Å²) in [5, 5.41) is 18.6. The summed E-state index contributed by atoms with van der Waals surface area (Å²) in [6.07, 6.45) is 8.01. The van der Waals surface area contributed by atoms with Gasteiger partial charge < -0.3 is 51.5 Å². The minimum absolute atomic E-state index is 0.138. The lowest BCUT2D eigenvalue weighted by atomic mass is 9.85. The Balaban J connectivity index is 0.990. The first-order valence-corrected chi connectivity index (χ1v) is 26.1. The summed E-state index contributed by atoms with van der Waals surface area (Å²) < 4.78 is 0. The summed E-state index contributed by atoms with van der Waals surface area (Å²) in [6.45, 7) is 19.4. The summed E-state index contributed by atoms with van der Waals surface area (Å²) >= 11 is 0. The molecule has 0 radical (unpaired) electrons. The van der Waals surface area contributed by atoms with Crippen LogP contribution in [0.3, 0.4) is 0 Å². The van der Waals surface area contributed by atoms with Gasteiger partial charge in [0.1, 0.15) is 24.2 Å². The van der Waals surface area contributed by atoms with E-state index in [0.717, 1.165) is 88.7 Å².